The van der Waals surface area contributed by atoms with E-state index in [1.807, 2.05) is 6.92 Å². The van der Waals surface area contributed by atoms with Crippen LogP contribution in [-0.2, 0) is 10.0 Å². The highest BCUT2D eigenvalue weighted by Gasteiger charge is 2.21. The second kappa shape index (κ2) is 6.00. The van der Waals surface area contributed by atoms with Gasteiger partial charge in [-0.1, -0.05) is 36.5 Å². The van der Waals surface area contributed by atoms with E-state index >= 15 is 0 Å². The molecule has 0 saturated heterocycles. The number of sulfonamides is 1. The fraction of sp³-hybridized carbons (Fsp3) is 0.500. The minimum absolute atomic E-state index is 0.0607. The Balaban J connectivity index is 3.00. The van der Waals surface area contributed by atoms with E-state index in [2.05, 4.69) is 4.98 Å². The first kappa shape index (κ1) is 14.7. The van der Waals surface area contributed by atoms with E-state index < -0.39 is 10.0 Å². The van der Waals surface area contributed by atoms with Crippen molar-refractivity contribution in [2.75, 3.05) is 13.6 Å². The van der Waals surface area contributed by atoms with E-state index in [0.717, 1.165) is 12.8 Å². The summed E-state index contributed by atoms with van der Waals surface area (Å²) in [5.41, 5.74) is 0. The van der Waals surface area contributed by atoms with Gasteiger partial charge in [0.1, 0.15) is 10.0 Å². The van der Waals surface area contributed by atoms with Crippen LogP contribution in [0.25, 0.3) is 0 Å². The number of unbranched alkanes of at least 4 members (excludes halogenated alkanes) is 1. The summed E-state index contributed by atoms with van der Waals surface area (Å²) in [4.78, 5) is 3.80. The van der Waals surface area contributed by atoms with Crippen molar-refractivity contribution in [2.24, 2.45) is 0 Å². The molecule has 0 atom stereocenters. The molecular weight excluding hydrogens is 283 g/mol. The van der Waals surface area contributed by atoms with Crippen LogP contribution in [0.15, 0.2) is 17.2 Å². The number of pyridine rings is 1. The maximum absolute atomic E-state index is 12.1. The second-order valence-electron chi connectivity index (χ2n) is 3.62. The summed E-state index contributed by atoms with van der Waals surface area (Å²) >= 11 is 11.4. The number of rotatable bonds is 5. The predicted octanol–water partition coefficient (Wildman–Crippen LogP) is 2.81. The molecule has 0 bridgehead atoms. The predicted molar refractivity (Wildman–Crippen MR) is 69.0 cm³/mol. The third-order valence-corrected chi connectivity index (χ3v) is 4.81. The molecular formula is C10H14Cl2N2O2S. The van der Waals surface area contributed by atoms with Gasteiger partial charge in [0.2, 0.25) is 10.0 Å². The van der Waals surface area contributed by atoms with E-state index in [1.165, 1.54) is 23.6 Å². The molecule has 4 nitrogen and oxygen atoms in total. The fourth-order valence-corrected chi connectivity index (χ4v) is 2.74. The molecule has 0 unspecified atom stereocenters. The highest BCUT2D eigenvalue weighted by molar-refractivity contribution is 7.89. The molecule has 0 saturated carbocycles. The third kappa shape index (κ3) is 3.55. The van der Waals surface area contributed by atoms with Gasteiger partial charge >= 0.3 is 0 Å². The van der Waals surface area contributed by atoms with Crippen molar-refractivity contribution in [3.05, 3.63) is 22.4 Å². The van der Waals surface area contributed by atoms with Gasteiger partial charge in [-0.3, -0.25) is 0 Å². The summed E-state index contributed by atoms with van der Waals surface area (Å²) in [6.45, 7) is 2.47. The molecule has 7 heteroatoms. The first-order chi connectivity index (χ1) is 7.89. The molecule has 0 aliphatic rings. The molecule has 1 aromatic rings. The topological polar surface area (TPSA) is 50.3 Å². The molecule has 0 fully saturated rings. The van der Waals surface area contributed by atoms with Crippen molar-refractivity contribution in [2.45, 2.75) is 24.7 Å². The zero-order chi connectivity index (χ0) is 13.1. The molecule has 0 aliphatic heterocycles. The molecule has 0 aromatic carbocycles. The van der Waals surface area contributed by atoms with Gasteiger partial charge in [-0.05, 0) is 12.5 Å². The lowest BCUT2D eigenvalue weighted by atomic mass is 10.3. The molecule has 1 heterocycles. The first-order valence-corrected chi connectivity index (χ1v) is 7.36. The Labute approximate surface area is 112 Å². The Bertz CT molecular complexity index is 491. The van der Waals surface area contributed by atoms with E-state index in [-0.39, 0.29) is 15.1 Å². The Kier molecular flexibility index (Phi) is 5.19. The summed E-state index contributed by atoms with van der Waals surface area (Å²) in [5, 5.41) is 0.235. The van der Waals surface area contributed by atoms with Crippen LogP contribution < -0.4 is 0 Å². The molecule has 0 N–H and O–H groups in total. The van der Waals surface area contributed by atoms with Crippen molar-refractivity contribution < 1.29 is 8.42 Å². The molecule has 1 aromatic heterocycles. The normalized spacial score (nSPS) is 12.1. The SMILES string of the molecule is CCCCN(C)S(=O)(=O)c1cnc(Cl)c(Cl)c1. The van der Waals surface area contributed by atoms with Gasteiger partial charge < -0.3 is 0 Å². The number of hydrogen-bond donors (Lipinski definition) is 0. The number of nitrogens with zero attached hydrogens (tertiary/aromatic N) is 2. The maximum atomic E-state index is 12.1. The van der Waals surface area contributed by atoms with E-state index in [4.69, 9.17) is 23.2 Å². The Morgan fingerprint density at radius 1 is 1.41 bits per heavy atom. The van der Waals surface area contributed by atoms with Crippen LogP contribution in [0.3, 0.4) is 0 Å². The van der Waals surface area contributed by atoms with Crippen molar-refractivity contribution >= 4 is 33.2 Å². The third-order valence-electron chi connectivity index (χ3n) is 2.31. The van der Waals surface area contributed by atoms with Gasteiger partial charge in [0.25, 0.3) is 0 Å². The van der Waals surface area contributed by atoms with Crippen LogP contribution in [0.2, 0.25) is 10.2 Å². The summed E-state index contributed by atoms with van der Waals surface area (Å²) in [7, 11) is -1.99. The smallest absolute Gasteiger partial charge is 0.242 e. The van der Waals surface area contributed by atoms with Gasteiger partial charge in [0.05, 0.1) is 5.02 Å². The summed E-state index contributed by atoms with van der Waals surface area (Å²) in [6.07, 6.45) is 2.95. The maximum Gasteiger partial charge on any atom is 0.244 e. The van der Waals surface area contributed by atoms with Crippen LogP contribution >= 0.6 is 23.2 Å². The van der Waals surface area contributed by atoms with Gasteiger partial charge in [-0.2, -0.15) is 0 Å². The van der Waals surface area contributed by atoms with Crippen molar-refractivity contribution in [3.8, 4) is 0 Å². The van der Waals surface area contributed by atoms with Gasteiger partial charge in [0, 0.05) is 19.8 Å². The number of hydrogen-bond acceptors (Lipinski definition) is 3. The van der Waals surface area contributed by atoms with E-state index in [0.29, 0.717) is 6.54 Å². The zero-order valence-corrected chi connectivity index (χ0v) is 12.0. The van der Waals surface area contributed by atoms with Crippen LogP contribution in [0.1, 0.15) is 19.8 Å². The molecule has 1 rings (SSSR count). The van der Waals surface area contributed by atoms with Gasteiger partial charge in [-0.15, -0.1) is 0 Å². The van der Waals surface area contributed by atoms with Crippen LogP contribution in [0.5, 0.6) is 0 Å². The second-order valence-corrected chi connectivity index (χ2v) is 6.43. The lowest BCUT2D eigenvalue weighted by molar-refractivity contribution is 0.459. The fourth-order valence-electron chi connectivity index (χ4n) is 1.23. The minimum Gasteiger partial charge on any atom is -0.242 e. The van der Waals surface area contributed by atoms with Gasteiger partial charge in [-0.25, -0.2) is 17.7 Å². The Hall–Kier alpha value is -0.360. The molecule has 96 valence electrons. The average Bonchev–Trinajstić information content (AvgIpc) is 2.29. The van der Waals surface area contributed by atoms with E-state index in [1.54, 1.807) is 0 Å². The lowest BCUT2D eigenvalue weighted by Gasteiger charge is -2.16. The molecule has 17 heavy (non-hydrogen) atoms. The van der Waals surface area contributed by atoms with Crippen molar-refractivity contribution in [1.29, 1.82) is 0 Å². The summed E-state index contributed by atoms with van der Waals surface area (Å²) in [6, 6.07) is 1.31. The lowest BCUT2D eigenvalue weighted by Crippen LogP contribution is -2.28. The molecule has 0 aliphatic carbocycles. The van der Waals surface area contributed by atoms with E-state index in [9.17, 15) is 8.42 Å². The molecule has 0 spiro atoms. The Morgan fingerprint density at radius 3 is 2.59 bits per heavy atom. The summed E-state index contributed by atoms with van der Waals surface area (Å²) < 4.78 is 25.5. The largest absolute Gasteiger partial charge is 0.244 e. The van der Waals surface area contributed by atoms with Crippen molar-refractivity contribution in [3.63, 3.8) is 0 Å². The highest BCUT2D eigenvalue weighted by Crippen LogP contribution is 2.23. The van der Waals surface area contributed by atoms with Crippen LogP contribution in [0.4, 0.5) is 0 Å². The standard InChI is InChI=1S/C10H14Cl2N2O2S/c1-3-4-5-14(2)17(15,16)8-6-9(11)10(12)13-7-8/h6-7H,3-5H2,1-2H3. The Morgan fingerprint density at radius 2 is 2.06 bits per heavy atom. The van der Waals surface area contributed by atoms with Gasteiger partial charge in [0.15, 0.2) is 0 Å². The highest BCUT2D eigenvalue weighted by atomic mass is 35.5. The quantitative estimate of drug-likeness (QED) is 0.785. The van der Waals surface area contributed by atoms with Crippen LogP contribution in [-0.4, -0.2) is 31.3 Å². The summed E-state index contributed by atoms with van der Waals surface area (Å²) in [5.74, 6) is 0. The molecule has 0 radical (unpaired) electrons. The minimum atomic E-state index is -3.52. The monoisotopic (exact) mass is 296 g/mol. The number of aromatic nitrogens is 1. The first-order valence-electron chi connectivity index (χ1n) is 5.17. The average molecular weight is 297 g/mol. The molecule has 0 amide bonds. The van der Waals surface area contributed by atoms with Crippen LogP contribution in [0, 0.1) is 0 Å². The van der Waals surface area contributed by atoms with Crippen molar-refractivity contribution in [1.82, 2.24) is 9.29 Å². The zero-order valence-electron chi connectivity index (χ0n) is 9.65. The number of halogens is 2.